The highest BCUT2D eigenvalue weighted by Crippen LogP contribution is 2.40. The first-order valence-corrected chi connectivity index (χ1v) is 15.0. The van der Waals surface area contributed by atoms with E-state index in [4.69, 9.17) is 23.6 Å². The van der Waals surface area contributed by atoms with Gasteiger partial charge in [-0.2, -0.15) is 0 Å². The van der Waals surface area contributed by atoms with E-state index in [0.717, 1.165) is 37.6 Å². The second-order valence-electron chi connectivity index (χ2n) is 10.5. The molecule has 10 nitrogen and oxygen atoms in total. The van der Waals surface area contributed by atoms with Crippen LogP contribution in [0.3, 0.4) is 0 Å². The molecule has 0 saturated carbocycles. The zero-order chi connectivity index (χ0) is 29.5. The molecule has 1 saturated heterocycles. The molecule has 1 unspecified atom stereocenters. The predicted octanol–water partition coefficient (Wildman–Crippen LogP) is 3.01. The van der Waals surface area contributed by atoms with E-state index in [1.807, 2.05) is 54.6 Å². The molecule has 0 aliphatic carbocycles. The number of hydrogen-bond donors (Lipinski definition) is 0. The van der Waals surface area contributed by atoms with Crippen molar-refractivity contribution in [3.05, 3.63) is 103 Å². The van der Waals surface area contributed by atoms with Gasteiger partial charge in [-0.3, -0.25) is 9.36 Å². The first-order valence-electron chi connectivity index (χ1n) is 14.2. The molecule has 2 aromatic carbocycles. The number of furan rings is 1. The molecule has 2 aromatic heterocycles. The number of ether oxygens (including phenoxy) is 3. The fraction of sp³-hybridized carbons (Fsp3) is 0.281. The number of carbonyl (C=O) groups excluding carboxylic acids is 1. The number of aromatic nitrogens is 1. The number of likely N-dealkylation sites (N-methyl/N-ethyl adjacent to an activating group) is 1. The van der Waals surface area contributed by atoms with Gasteiger partial charge in [-0.1, -0.05) is 47.7 Å². The fourth-order valence-electron chi connectivity index (χ4n) is 5.58. The Hall–Kier alpha value is -4.61. The summed E-state index contributed by atoms with van der Waals surface area (Å²) in [6.45, 7) is 5.71. The van der Waals surface area contributed by atoms with Crippen molar-refractivity contribution in [2.75, 3.05) is 51.5 Å². The third kappa shape index (κ3) is 5.04. The number of hydrogen-bond acceptors (Lipinski definition) is 10. The molecule has 11 heteroatoms. The second-order valence-corrected chi connectivity index (χ2v) is 11.5. The Morgan fingerprint density at radius 1 is 1.05 bits per heavy atom. The maximum Gasteiger partial charge on any atom is 0.338 e. The lowest BCUT2D eigenvalue weighted by molar-refractivity contribution is -0.138. The van der Waals surface area contributed by atoms with Crippen molar-refractivity contribution < 1.29 is 23.4 Å². The Kier molecular flexibility index (Phi) is 7.12. The van der Waals surface area contributed by atoms with Gasteiger partial charge >= 0.3 is 5.97 Å². The normalized spacial score (nSPS) is 18.5. The summed E-state index contributed by atoms with van der Waals surface area (Å²) >= 11 is 1.26. The van der Waals surface area contributed by atoms with E-state index in [0.29, 0.717) is 37.9 Å². The van der Waals surface area contributed by atoms with Gasteiger partial charge in [-0.15, -0.1) is 0 Å². The third-order valence-corrected chi connectivity index (χ3v) is 8.77. The lowest BCUT2D eigenvalue weighted by Gasteiger charge is -2.32. The van der Waals surface area contributed by atoms with Crippen LogP contribution in [0.15, 0.2) is 80.4 Å². The molecule has 220 valence electrons. The van der Waals surface area contributed by atoms with E-state index in [1.165, 1.54) is 11.3 Å². The minimum atomic E-state index is -0.806. The molecule has 0 N–H and O–H groups in total. The third-order valence-electron chi connectivity index (χ3n) is 7.79. The Bertz CT molecular complexity index is 1900. The zero-order valence-electron chi connectivity index (χ0n) is 23.8. The van der Waals surface area contributed by atoms with Gasteiger partial charge < -0.3 is 28.4 Å². The van der Waals surface area contributed by atoms with Crippen LogP contribution < -0.4 is 29.3 Å². The van der Waals surface area contributed by atoms with Gasteiger partial charge in [0.2, 0.25) is 6.79 Å². The monoisotopic (exact) mass is 598 g/mol. The summed E-state index contributed by atoms with van der Waals surface area (Å²) in [6.07, 6.45) is 1.75. The van der Waals surface area contributed by atoms with Crippen molar-refractivity contribution in [3.63, 3.8) is 0 Å². The van der Waals surface area contributed by atoms with Crippen LogP contribution in [0.1, 0.15) is 29.9 Å². The summed E-state index contributed by atoms with van der Waals surface area (Å²) in [5, 5.41) is 0. The number of piperazine rings is 1. The molecule has 0 spiro atoms. The minimum absolute atomic E-state index is 0.108. The van der Waals surface area contributed by atoms with Crippen molar-refractivity contribution >= 4 is 35.0 Å². The predicted molar refractivity (Wildman–Crippen MR) is 162 cm³/mol. The van der Waals surface area contributed by atoms with Crippen molar-refractivity contribution in [1.29, 1.82) is 0 Å². The molecule has 3 aliphatic heterocycles. The maximum atomic E-state index is 14.1. The van der Waals surface area contributed by atoms with Crippen molar-refractivity contribution in [2.24, 2.45) is 4.99 Å². The number of benzene rings is 2. The molecule has 5 heterocycles. The van der Waals surface area contributed by atoms with Crippen molar-refractivity contribution in [2.45, 2.75) is 13.0 Å². The largest absolute Gasteiger partial charge is 0.463 e. The molecule has 3 aliphatic rings. The summed E-state index contributed by atoms with van der Waals surface area (Å²) in [4.78, 5) is 37.7. The van der Waals surface area contributed by atoms with Crippen LogP contribution in [0.4, 0.5) is 5.88 Å². The quantitative estimate of drug-likeness (QED) is 0.313. The van der Waals surface area contributed by atoms with Gasteiger partial charge in [0.15, 0.2) is 22.2 Å². The number of rotatable bonds is 6. The molecule has 1 atom stereocenters. The van der Waals surface area contributed by atoms with Gasteiger partial charge in [0.1, 0.15) is 5.76 Å². The first kappa shape index (κ1) is 27.2. The second kappa shape index (κ2) is 11.2. The van der Waals surface area contributed by atoms with E-state index >= 15 is 0 Å². The van der Waals surface area contributed by atoms with Crippen molar-refractivity contribution in [3.8, 4) is 11.5 Å². The molecular formula is C32H30N4O6S. The zero-order valence-corrected chi connectivity index (χ0v) is 24.6. The molecule has 4 aromatic rings. The number of anilines is 1. The first-order chi connectivity index (χ1) is 21.0. The molecule has 0 bridgehead atoms. The summed E-state index contributed by atoms with van der Waals surface area (Å²) in [7, 11) is 2.11. The fourth-order valence-corrected chi connectivity index (χ4v) is 6.57. The topological polar surface area (TPSA) is 98.7 Å². The highest BCUT2D eigenvalue weighted by atomic mass is 32.1. The van der Waals surface area contributed by atoms with Crippen LogP contribution in [0.25, 0.3) is 11.8 Å². The van der Waals surface area contributed by atoms with Crippen molar-refractivity contribution in [1.82, 2.24) is 9.47 Å². The van der Waals surface area contributed by atoms with Gasteiger partial charge in [0, 0.05) is 43.9 Å². The lowest BCUT2D eigenvalue weighted by Crippen LogP contribution is -2.44. The Balaban J connectivity index is 1.39. The summed E-state index contributed by atoms with van der Waals surface area (Å²) in [5.74, 6) is 1.97. The Morgan fingerprint density at radius 2 is 1.84 bits per heavy atom. The average Bonchev–Trinajstić information content (AvgIpc) is 3.76. The Morgan fingerprint density at radius 3 is 2.63 bits per heavy atom. The number of nitrogens with zero attached hydrogens (tertiary/aromatic N) is 4. The standard InChI is InChI=1S/C32H30N4O6S/c1-3-39-31(38)27-28(20-7-5-4-6-8-20)33-32-36(29(27)21-9-11-23-24(17-21)41-19-40-23)30(37)25(43-32)18-22-10-12-26(42-22)35-15-13-34(2)14-16-35/h4-12,17-18,29H,3,13-16,19H2,1-2H3/b25-18+. The van der Waals surface area contributed by atoms with Gasteiger partial charge in [0.05, 0.1) is 28.5 Å². The van der Waals surface area contributed by atoms with Crippen LogP contribution in [-0.2, 0) is 9.53 Å². The minimum Gasteiger partial charge on any atom is -0.463 e. The number of fused-ring (bicyclic) bond motifs is 2. The van der Waals surface area contributed by atoms with E-state index < -0.39 is 12.0 Å². The molecule has 0 radical (unpaired) electrons. The van der Waals surface area contributed by atoms with Crippen LogP contribution in [0, 0.1) is 0 Å². The van der Waals surface area contributed by atoms with Crippen LogP contribution >= 0.6 is 11.3 Å². The smallest absolute Gasteiger partial charge is 0.338 e. The summed E-state index contributed by atoms with van der Waals surface area (Å²) < 4.78 is 24.9. The highest BCUT2D eigenvalue weighted by molar-refractivity contribution is 7.07. The van der Waals surface area contributed by atoms with E-state index in [1.54, 1.807) is 23.6 Å². The van der Waals surface area contributed by atoms with Crippen LogP contribution in [0.2, 0.25) is 0 Å². The summed E-state index contributed by atoms with van der Waals surface area (Å²) in [6, 6.07) is 17.9. The SMILES string of the molecule is CCOC(=O)C1=C(c2ccccc2)N=c2s/c(=C/c3ccc(N4CCN(C)CC4)o3)c(=O)n2C1c1ccc2c(c1)OCO2. The van der Waals surface area contributed by atoms with Crippen LogP contribution in [0.5, 0.6) is 11.5 Å². The lowest BCUT2D eigenvalue weighted by atomic mass is 9.93. The van der Waals surface area contributed by atoms with Gasteiger partial charge in [-0.05, 0) is 37.7 Å². The van der Waals surface area contributed by atoms with E-state index in [2.05, 4.69) is 16.8 Å². The average molecular weight is 599 g/mol. The van der Waals surface area contributed by atoms with Gasteiger partial charge in [0.25, 0.3) is 5.56 Å². The molecule has 7 rings (SSSR count). The highest BCUT2D eigenvalue weighted by Gasteiger charge is 2.36. The number of esters is 1. The van der Waals surface area contributed by atoms with Crippen LogP contribution in [-0.4, -0.2) is 62.1 Å². The molecule has 0 amide bonds. The number of carbonyl (C=O) groups is 1. The molecular weight excluding hydrogens is 568 g/mol. The Labute approximate surface area is 251 Å². The number of thiazole rings is 1. The maximum absolute atomic E-state index is 14.1. The van der Waals surface area contributed by atoms with Gasteiger partial charge in [-0.25, -0.2) is 9.79 Å². The van der Waals surface area contributed by atoms with E-state index in [-0.39, 0.29) is 24.5 Å². The van der Waals surface area contributed by atoms with E-state index in [9.17, 15) is 9.59 Å². The molecule has 43 heavy (non-hydrogen) atoms. The molecule has 1 fully saturated rings. The summed E-state index contributed by atoms with van der Waals surface area (Å²) in [5.41, 5.74) is 1.89.